The van der Waals surface area contributed by atoms with Crippen LogP contribution in [0.1, 0.15) is 19.4 Å². The van der Waals surface area contributed by atoms with Crippen molar-refractivity contribution in [2.24, 2.45) is 5.73 Å². The summed E-state index contributed by atoms with van der Waals surface area (Å²) in [5, 5.41) is 2.83. The third-order valence-electron chi connectivity index (χ3n) is 2.49. The summed E-state index contributed by atoms with van der Waals surface area (Å²) in [7, 11) is 1.59. The van der Waals surface area contributed by atoms with E-state index in [-0.39, 0.29) is 12.5 Å². The second kappa shape index (κ2) is 7.21. The molecule has 0 aliphatic rings. The van der Waals surface area contributed by atoms with Crippen LogP contribution in [0.2, 0.25) is 0 Å². The zero-order valence-corrected chi connectivity index (χ0v) is 12.8. The van der Waals surface area contributed by atoms with Gasteiger partial charge in [0.15, 0.2) is 6.61 Å². The van der Waals surface area contributed by atoms with Crippen LogP contribution in [0.4, 0.5) is 0 Å². The maximum atomic E-state index is 11.7. The standard InChI is InChI=1S/C14H20N2O3S/c1-14(2,9-18-3)16-12(17)8-19-11-6-4-10(5-7-11)13(15)20/h4-7H,8-9H2,1-3H3,(H2,15,20)(H,16,17). The van der Waals surface area contributed by atoms with E-state index in [0.29, 0.717) is 17.3 Å². The van der Waals surface area contributed by atoms with Crippen LogP contribution in [0, 0.1) is 0 Å². The molecular weight excluding hydrogens is 276 g/mol. The number of carbonyl (C=O) groups is 1. The van der Waals surface area contributed by atoms with E-state index in [2.05, 4.69) is 5.32 Å². The van der Waals surface area contributed by atoms with Gasteiger partial charge in [0.2, 0.25) is 0 Å². The maximum absolute atomic E-state index is 11.7. The molecule has 0 spiro atoms. The number of amides is 1. The van der Waals surface area contributed by atoms with Crippen molar-refractivity contribution in [3.8, 4) is 5.75 Å². The largest absolute Gasteiger partial charge is 0.484 e. The van der Waals surface area contributed by atoms with E-state index in [4.69, 9.17) is 27.4 Å². The quantitative estimate of drug-likeness (QED) is 0.741. The van der Waals surface area contributed by atoms with Crippen molar-refractivity contribution in [1.82, 2.24) is 5.32 Å². The van der Waals surface area contributed by atoms with Crippen molar-refractivity contribution in [2.45, 2.75) is 19.4 Å². The third-order valence-corrected chi connectivity index (χ3v) is 2.73. The summed E-state index contributed by atoms with van der Waals surface area (Å²) < 4.78 is 10.4. The fourth-order valence-corrected chi connectivity index (χ4v) is 1.81. The molecule has 110 valence electrons. The molecule has 0 heterocycles. The van der Waals surface area contributed by atoms with Crippen LogP contribution in [0.3, 0.4) is 0 Å². The molecule has 0 saturated carbocycles. The van der Waals surface area contributed by atoms with Crippen LogP contribution in [0.15, 0.2) is 24.3 Å². The average molecular weight is 296 g/mol. The Morgan fingerprint density at radius 1 is 1.35 bits per heavy atom. The minimum atomic E-state index is -0.426. The predicted molar refractivity (Wildman–Crippen MR) is 81.9 cm³/mol. The number of nitrogens with one attached hydrogen (secondary N) is 1. The first-order valence-corrected chi connectivity index (χ1v) is 6.57. The zero-order chi connectivity index (χ0) is 15.2. The van der Waals surface area contributed by atoms with Crippen LogP contribution in [0.25, 0.3) is 0 Å². The van der Waals surface area contributed by atoms with E-state index < -0.39 is 5.54 Å². The molecule has 20 heavy (non-hydrogen) atoms. The number of methoxy groups -OCH3 is 1. The van der Waals surface area contributed by atoms with Crippen molar-refractivity contribution in [1.29, 1.82) is 0 Å². The van der Waals surface area contributed by atoms with E-state index in [1.807, 2.05) is 13.8 Å². The highest BCUT2D eigenvalue weighted by atomic mass is 32.1. The van der Waals surface area contributed by atoms with Gasteiger partial charge in [0.1, 0.15) is 10.7 Å². The highest BCUT2D eigenvalue weighted by molar-refractivity contribution is 7.80. The van der Waals surface area contributed by atoms with E-state index in [1.165, 1.54) is 0 Å². The van der Waals surface area contributed by atoms with E-state index in [1.54, 1.807) is 31.4 Å². The Hall–Kier alpha value is -1.66. The van der Waals surface area contributed by atoms with Crippen LogP contribution in [0.5, 0.6) is 5.75 Å². The van der Waals surface area contributed by atoms with Gasteiger partial charge < -0.3 is 20.5 Å². The van der Waals surface area contributed by atoms with Crippen LogP contribution < -0.4 is 15.8 Å². The van der Waals surface area contributed by atoms with E-state index in [0.717, 1.165) is 5.56 Å². The predicted octanol–water partition coefficient (Wildman–Crippen LogP) is 1.24. The van der Waals surface area contributed by atoms with Crippen LogP contribution in [-0.2, 0) is 9.53 Å². The van der Waals surface area contributed by atoms with Gasteiger partial charge in [0, 0.05) is 12.7 Å². The molecule has 1 aromatic carbocycles. The lowest BCUT2D eigenvalue weighted by Crippen LogP contribution is -2.48. The molecule has 3 N–H and O–H groups in total. The molecule has 0 unspecified atom stereocenters. The molecule has 0 radical (unpaired) electrons. The smallest absolute Gasteiger partial charge is 0.258 e. The number of benzene rings is 1. The summed E-state index contributed by atoms with van der Waals surface area (Å²) >= 11 is 4.86. The molecule has 0 saturated heterocycles. The SMILES string of the molecule is COCC(C)(C)NC(=O)COc1ccc(C(N)=S)cc1. The Balaban J connectivity index is 2.46. The Labute approximate surface area is 124 Å². The van der Waals surface area contributed by atoms with Crippen molar-refractivity contribution in [3.05, 3.63) is 29.8 Å². The number of hydrogen-bond acceptors (Lipinski definition) is 4. The summed E-state index contributed by atoms with van der Waals surface area (Å²) in [6.45, 7) is 4.14. The first-order valence-electron chi connectivity index (χ1n) is 6.17. The molecule has 0 aromatic heterocycles. The number of nitrogens with two attached hydrogens (primary N) is 1. The molecule has 1 amide bonds. The summed E-state index contributed by atoms with van der Waals surface area (Å²) in [6.07, 6.45) is 0. The Kier molecular flexibility index (Phi) is 5.91. The first kappa shape index (κ1) is 16.4. The van der Waals surface area contributed by atoms with Crippen molar-refractivity contribution >= 4 is 23.1 Å². The molecule has 6 heteroatoms. The Morgan fingerprint density at radius 3 is 2.45 bits per heavy atom. The number of carbonyl (C=O) groups excluding carboxylic acids is 1. The minimum Gasteiger partial charge on any atom is -0.484 e. The lowest BCUT2D eigenvalue weighted by atomic mass is 10.1. The van der Waals surface area contributed by atoms with Crippen LogP contribution in [-0.4, -0.2) is 36.8 Å². The summed E-state index contributed by atoms with van der Waals surface area (Å²) in [5.41, 5.74) is 5.83. The van der Waals surface area contributed by atoms with Gasteiger partial charge in [-0.25, -0.2) is 0 Å². The van der Waals surface area contributed by atoms with Crippen molar-refractivity contribution < 1.29 is 14.3 Å². The van der Waals surface area contributed by atoms with Gasteiger partial charge in [-0.2, -0.15) is 0 Å². The van der Waals surface area contributed by atoms with Gasteiger partial charge in [0.05, 0.1) is 12.1 Å². The van der Waals surface area contributed by atoms with E-state index in [9.17, 15) is 4.79 Å². The van der Waals surface area contributed by atoms with Gasteiger partial charge in [-0.1, -0.05) is 12.2 Å². The normalized spacial score (nSPS) is 10.9. The van der Waals surface area contributed by atoms with Crippen molar-refractivity contribution in [3.63, 3.8) is 0 Å². The lowest BCUT2D eigenvalue weighted by Gasteiger charge is -2.25. The van der Waals surface area contributed by atoms with Gasteiger partial charge in [-0.05, 0) is 38.1 Å². The lowest BCUT2D eigenvalue weighted by molar-refractivity contribution is -0.125. The molecule has 1 rings (SSSR count). The van der Waals surface area contributed by atoms with Gasteiger partial charge >= 0.3 is 0 Å². The van der Waals surface area contributed by atoms with E-state index >= 15 is 0 Å². The Morgan fingerprint density at radius 2 is 1.95 bits per heavy atom. The summed E-state index contributed by atoms with van der Waals surface area (Å²) in [6, 6.07) is 6.96. The molecular formula is C14H20N2O3S. The maximum Gasteiger partial charge on any atom is 0.258 e. The summed E-state index contributed by atoms with van der Waals surface area (Å²) in [4.78, 5) is 12.1. The number of ether oxygens (including phenoxy) is 2. The second-order valence-corrected chi connectivity index (χ2v) is 5.48. The van der Waals surface area contributed by atoms with Gasteiger partial charge in [0.25, 0.3) is 5.91 Å². The zero-order valence-electron chi connectivity index (χ0n) is 11.9. The van der Waals surface area contributed by atoms with Crippen molar-refractivity contribution in [2.75, 3.05) is 20.3 Å². The molecule has 0 aliphatic carbocycles. The van der Waals surface area contributed by atoms with Crippen LogP contribution >= 0.6 is 12.2 Å². The summed E-state index contributed by atoms with van der Waals surface area (Å²) in [5.74, 6) is 0.384. The highest BCUT2D eigenvalue weighted by Gasteiger charge is 2.20. The molecule has 0 fully saturated rings. The molecule has 0 aliphatic heterocycles. The monoisotopic (exact) mass is 296 g/mol. The minimum absolute atomic E-state index is 0.0560. The Bertz CT molecular complexity index is 472. The number of thiocarbonyl (C=S) groups is 1. The highest BCUT2D eigenvalue weighted by Crippen LogP contribution is 2.12. The van der Waals surface area contributed by atoms with Gasteiger partial charge in [-0.15, -0.1) is 0 Å². The fraction of sp³-hybridized carbons (Fsp3) is 0.429. The molecule has 5 nitrogen and oxygen atoms in total. The van der Waals surface area contributed by atoms with Gasteiger partial charge in [-0.3, -0.25) is 4.79 Å². The topological polar surface area (TPSA) is 73.6 Å². The molecule has 0 bridgehead atoms. The first-order chi connectivity index (χ1) is 9.34. The average Bonchev–Trinajstić information content (AvgIpc) is 2.36. The molecule has 1 aromatic rings. The fourth-order valence-electron chi connectivity index (χ4n) is 1.67. The number of hydrogen-bond donors (Lipinski definition) is 2. The third kappa shape index (κ3) is 5.54. The molecule has 0 atom stereocenters. The second-order valence-electron chi connectivity index (χ2n) is 5.04. The number of rotatable bonds is 7.